The lowest BCUT2D eigenvalue weighted by molar-refractivity contribution is -0.00709. The van der Waals surface area contributed by atoms with Gasteiger partial charge in [-0.05, 0) is 46.4 Å². The van der Waals surface area contributed by atoms with Crippen LogP contribution in [0.3, 0.4) is 0 Å². The molecule has 3 heteroatoms. The summed E-state index contributed by atoms with van der Waals surface area (Å²) in [5.74, 6) is 0. The van der Waals surface area contributed by atoms with Crippen LogP contribution in [-0.4, -0.2) is 23.3 Å². The molecule has 3 nitrogen and oxygen atoms in total. The molecule has 0 radical (unpaired) electrons. The van der Waals surface area contributed by atoms with Crippen molar-refractivity contribution < 1.29 is 4.74 Å². The zero-order valence-electron chi connectivity index (χ0n) is 11.8. The van der Waals surface area contributed by atoms with E-state index in [-0.39, 0.29) is 5.60 Å². The molecule has 0 bridgehead atoms. The van der Waals surface area contributed by atoms with E-state index in [2.05, 4.69) is 62.8 Å². The average molecular weight is 238 g/mol. The monoisotopic (exact) mass is 238 g/mol. The van der Waals surface area contributed by atoms with Crippen molar-refractivity contribution in [1.82, 2.24) is 9.88 Å². The smallest absolute Gasteiger partial charge is 0.0652 e. The summed E-state index contributed by atoms with van der Waals surface area (Å²) in [6.45, 7) is 13.2. The summed E-state index contributed by atoms with van der Waals surface area (Å²) >= 11 is 0. The normalized spacial score (nSPS) is 13.9. The second-order valence-corrected chi connectivity index (χ2v) is 5.37. The minimum atomic E-state index is -0.0550. The van der Waals surface area contributed by atoms with Crippen molar-refractivity contribution in [3.63, 3.8) is 0 Å². The molecule has 17 heavy (non-hydrogen) atoms. The van der Waals surface area contributed by atoms with Crippen LogP contribution in [-0.2, 0) is 11.3 Å². The summed E-state index contributed by atoms with van der Waals surface area (Å²) < 4.78 is 8.02. The summed E-state index contributed by atoms with van der Waals surface area (Å²) in [6, 6.07) is 4.66. The van der Waals surface area contributed by atoms with E-state index >= 15 is 0 Å². The zero-order valence-corrected chi connectivity index (χ0v) is 11.8. The molecule has 98 valence electrons. The third kappa shape index (κ3) is 4.92. The van der Waals surface area contributed by atoms with Crippen molar-refractivity contribution in [3.05, 3.63) is 24.0 Å². The maximum Gasteiger partial charge on any atom is 0.0652 e. The molecule has 1 unspecified atom stereocenters. The molecule has 0 saturated heterocycles. The highest BCUT2D eigenvalue weighted by molar-refractivity contribution is 5.11. The van der Waals surface area contributed by atoms with Crippen molar-refractivity contribution in [2.75, 3.05) is 13.2 Å². The molecule has 1 N–H and O–H groups in total. The van der Waals surface area contributed by atoms with Gasteiger partial charge in [0.2, 0.25) is 0 Å². The number of aromatic nitrogens is 1. The van der Waals surface area contributed by atoms with Crippen molar-refractivity contribution in [2.24, 2.45) is 0 Å². The van der Waals surface area contributed by atoms with Gasteiger partial charge in [0.15, 0.2) is 0 Å². The summed E-state index contributed by atoms with van der Waals surface area (Å²) in [4.78, 5) is 0. The molecule has 1 heterocycles. The molecule has 0 aliphatic heterocycles. The molecule has 0 saturated carbocycles. The Morgan fingerprint density at radius 2 is 2.12 bits per heavy atom. The second kappa shape index (κ2) is 6.22. The molecule has 0 spiro atoms. The number of nitrogens with one attached hydrogen (secondary N) is 1. The van der Waals surface area contributed by atoms with E-state index in [4.69, 9.17) is 4.74 Å². The van der Waals surface area contributed by atoms with Gasteiger partial charge in [0.05, 0.1) is 12.2 Å². The molecule has 0 aliphatic carbocycles. The van der Waals surface area contributed by atoms with Crippen LogP contribution in [0, 0.1) is 0 Å². The Balaban J connectivity index is 2.51. The van der Waals surface area contributed by atoms with Gasteiger partial charge < -0.3 is 14.6 Å². The maximum atomic E-state index is 5.76. The van der Waals surface area contributed by atoms with Crippen LogP contribution < -0.4 is 5.32 Å². The van der Waals surface area contributed by atoms with E-state index < -0.39 is 0 Å². The number of ether oxygens (including phenoxy) is 1. The highest BCUT2D eigenvalue weighted by Crippen LogP contribution is 2.14. The van der Waals surface area contributed by atoms with Gasteiger partial charge in [0, 0.05) is 24.5 Å². The fourth-order valence-electron chi connectivity index (χ4n) is 1.88. The largest absolute Gasteiger partial charge is 0.374 e. The standard InChI is InChI=1S/C14H26N2O/c1-6-15-12(2)13-8-7-9-16(13)10-11-17-14(3,4)5/h7-9,12,15H,6,10-11H2,1-5H3. The summed E-state index contributed by atoms with van der Waals surface area (Å²) in [5.41, 5.74) is 1.27. The maximum absolute atomic E-state index is 5.76. The molecule has 0 aliphatic rings. The predicted octanol–water partition coefficient (Wildman–Crippen LogP) is 2.97. The van der Waals surface area contributed by atoms with Crippen LogP contribution in [0.4, 0.5) is 0 Å². The van der Waals surface area contributed by atoms with Gasteiger partial charge in [-0.1, -0.05) is 6.92 Å². The highest BCUT2D eigenvalue weighted by Gasteiger charge is 2.11. The van der Waals surface area contributed by atoms with Gasteiger partial charge in [-0.25, -0.2) is 0 Å². The fourth-order valence-corrected chi connectivity index (χ4v) is 1.88. The molecule has 0 amide bonds. The Labute approximate surface area is 105 Å². The SMILES string of the molecule is CCNC(C)c1cccn1CCOC(C)(C)C. The zero-order chi connectivity index (χ0) is 12.9. The Hall–Kier alpha value is -0.800. The third-order valence-electron chi connectivity index (χ3n) is 2.69. The number of hydrogen-bond donors (Lipinski definition) is 1. The molecule has 1 aromatic heterocycles. The van der Waals surface area contributed by atoms with Gasteiger partial charge in [-0.3, -0.25) is 0 Å². The Morgan fingerprint density at radius 1 is 1.41 bits per heavy atom. The van der Waals surface area contributed by atoms with E-state index in [9.17, 15) is 0 Å². The van der Waals surface area contributed by atoms with E-state index in [0.29, 0.717) is 6.04 Å². The first-order chi connectivity index (χ1) is 7.94. The molecule has 0 fully saturated rings. The third-order valence-corrected chi connectivity index (χ3v) is 2.69. The van der Waals surface area contributed by atoms with Crippen molar-refractivity contribution in [1.29, 1.82) is 0 Å². The molecular formula is C14H26N2O. The first-order valence-corrected chi connectivity index (χ1v) is 6.46. The van der Waals surface area contributed by atoms with Gasteiger partial charge in [-0.15, -0.1) is 0 Å². The molecule has 1 atom stereocenters. The number of rotatable bonds is 6. The van der Waals surface area contributed by atoms with Crippen molar-refractivity contribution >= 4 is 0 Å². The van der Waals surface area contributed by atoms with Crippen molar-refractivity contribution in [3.8, 4) is 0 Å². The fraction of sp³-hybridized carbons (Fsp3) is 0.714. The lowest BCUT2D eigenvalue weighted by Crippen LogP contribution is -2.24. The number of nitrogens with zero attached hydrogens (tertiary/aromatic N) is 1. The van der Waals surface area contributed by atoms with Gasteiger partial charge in [-0.2, -0.15) is 0 Å². The molecule has 1 aromatic rings. The van der Waals surface area contributed by atoms with Crippen LogP contribution in [0.2, 0.25) is 0 Å². The minimum Gasteiger partial charge on any atom is -0.374 e. The van der Waals surface area contributed by atoms with Crippen LogP contribution in [0.5, 0.6) is 0 Å². The van der Waals surface area contributed by atoms with Crippen LogP contribution in [0.15, 0.2) is 18.3 Å². The quantitative estimate of drug-likeness (QED) is 0.824. The van der Waals surface area contributed by atoms with E-state index in [1.54, 1.807) is 0 Å². The van der Waals surface area contributed by atoms with Gasteiger partial charge in [0.25, 0.3) is 0 Å². The van der Waals surface area contributed by atoms with Gasteiger partial charge >= 0.3 is 0 Å². The lowest BCUT2D eigenvalue weighted by Gasteiger charge is -2.21. The van der Waals surface area contributed by atoms with Crippen LogP contribution in [0.25, 0.3) is 0 Å². The highest BCUT2D eigenvalue weighted by atomic mass is 16.5. The van der Waals surface area contributed by atoms with E-state index in [0.717, 1.165) is 19.7 Å². The van der Waals surface area contributed by atoms with E-state index in [1.807, 2.05) is 0 Å². The molecular weight excluding hydrogens is 212 g/mol. The lowest BCUT2D eigenvalue weighted by atomic mass is 10.2. The van der Waals surface area contributed by atoms with Crippen LogP contribution in [0.1, 0.15) is 46.4 Å². The predicted molar refractivity (Wildman–Crippen MR) is 72.2 cm³/mol. The Bertz CT molecular complexity index is 325. The topological polar surface area (TPSA) is 26.2 Å². The van der Waals surface area contributed by atoms with Crippen molar-refractivity contribution in [2.45, 2.75) is 52.8 Å². The average Bonchev–Trinajstić information content (AvgIpc) is 2.64. The second-order valence-electron chi connectivity index (χ2n) is 5.37. The summed E-state index contributed by atoms with van der Waals surface area (Å²) in [6.07, 6.45) is 2.12. The Kier molecular flexibility index (Phi) is 5.22. The summed E-state index contributed by atoms with van der Waals surface area (Å²) in [7, 11) is 0. The molecule has 0 aromatic carbocycles. The van der Waals surface area contributed by atoms with Crippen LogP contribution >= 0.6 is 0 Å². The number of hydrogen-bond acceptors (Lipinski definition) is 2. The minimum absolute atomic E-state index is 0.0550. The molecule has 1 rings (SSSR count). The first kappa shape index (κ1) is 14.3. The Morgan fingerprint density at radius 3 is 2.71 bits per heavy atom. The van der Waals surface area contributed by atoms with E-state index in [1.165, 1.54) is 5.69 Å². The summed E-state index contributed by atoms with van der Waals surface area (Å²) in [5, 5.41) is 3.43. The van der Waals surface area contributed by atoms with Gasteiger partial charge in [0.1, 0.15) is 0 Å². The first-order valence-electron chi connectivity index (χ1n) is 6.46.